The lowest BCUT2D eigenvalue weighted by Gasteiger charge is -2.27. The van der Waals surface area contributed by atoms with E-state index in [1.165, 1.54) is 0 Å². The fraction of sp³-hybridized carbons (Fsp3) is 0.222. The third-order valence-electron chi connectivity index (χ3n) is 3.71. The number of ether oxygens (including phenoxy) is 2. The van der Waals surface area contributed by atoms with Gasteiger partial charge in [-0.25, -0.2) is 0 Å². The van der Waals surface area contributed by atoms with Gasteiger partial charge in [-0.15, -0.1) is 0 Å². The Labute approximate surface area is 134 Å². The lowest BCUT2D eigenvalue weighted by molar-refractivity contribution is -0.131. The molecule has 0 unspecified atom stereocenters. The predicted octanol–water partition coefficient (Wildman–Crippen LogP) is 2.52. The standard InChI is InChI=1S/C18H17NO4/c1-12(14-5-3-2-4-6-14)19-18(21)17-11-22-16-9-13(10-20)7-8-15(16)23-17/h2-10,12,17H,11H2,1H3,(H,19,21)/t12-,17-/m1/s1. The molecular formula is C18H17NO4. The average molecular weight is 311 g/mol. The molecule has 0 saturated heterocycles. The van der Waals surface area contributed by atoms with Gasteiger partial charge in [0.2, 0.25) is 6.10 Å². The maximum Gasteiger partial charge on any atom is 0.265 e. The van der Waals surface area contributed by atoms with Crippen LogP contribution in [0.2, 0.25) is 0 Å². The van der Waals surface area contributed by atoms with Gasteiger partial charge < -0.3 is 14.8 Å². The van der Waals surface area contributed by atoms with E-state index in [0.29, 0.717) is 17.1 Å². The summed E-state index contributed by atoms with van der Waals surface area (Å²) in [5.41, 5.74) is 1.53. The second-order valence-corrected chi connectivity index (χ2v) is 5.38. The number of nitrogens with one attached hydrogen (secondary N) is 1. The van der Waals surface area contributed by atoms with Gasteiger partial charge in [-0.3, -0.25) is 9.59 Å². The third kappa shape index (κ3) is 3.34. The fourth-order valence-electron chi connectivity index (χ4n) is 2.42. The van der Waals surface area contributed by atoms with Gasteiger partial charge in [0.15, 0.2) is 11.5 Å². The molecule has 0 aliphatic carbocycles. The summed E-state index contributed by atoms with van der Waals surface area (Å²) in [6.45, 7) is 2.03. The number of amides is 1. The van der Waals surface area contributed by atoms with E-state index < -0.39 is 6.10 Å². The Morgan fingerprint density at radius 1 is 1.22 bits per heavy atom. The quantitative estimate of drug-likeness (QED) is 0.881. The minimum Gasteiger partial charge on any atom is -0.485 e. The molecule has 1 aliphatic heterocycles. The van der Waals surface area contributed by atoms with Crippen LogP contribution in [0.5, 0.6) is 11.5 Å². The average Bonchev–Trinajstić information content (AvgIpc) is 2.61. The highest BCUT2D eigenvalue weighted by atomic mass is 16.6. The molecule has 5 heteroatoms. The van der Waals surface area contributed by atoms with Crippen molar-refractivity contribution in [1.29, 1.82) is 0 Å². The molecule has 118 valence electrons. The van der Waals surface area contributed by atoms with Gasteiger partial charge in [0.25, 0.3) is 5.91 Å². The van der Waals surface area contributed by atoms with Crippen molar-refractivity contribution in [3.63, 3.8) is 0 Å². The number of carbonyl (C=O) groups is 2. The van der Waals surface area contributed by atoms with Gasteiger partial charge in [-0.1, -0.05) is 30.3 Å². The minimum atomic E-state index is -0.712. The van der Waals surface area contributed by atoms with Crippen LogP contribution < -0.4 is 14.8 Å². The first-order valence-corrected chi connectivity index (χ1v) is 7.41. The van der Waals surface area contributed by atoms with Crippen LogP contribution in [0.25, 0.3) is 0 Å². The van der Waals surface area contributed by atoms with Gasteiger partial charge in [0.05, 0.1) is 6.04 Å². The van der Waals surface area contributed by atoms with Crippen LogP contribution in [0, 0.1) is 0 Å². The SMILES string of the molecule is C[C@@H](NC(=O)[C@H]1COc2cc(C=O)ccc2O1)c1ccccc1. The van der Waals surface area contributed by atoms with Crippen LogP contribution in [0.3, 0.4) is 0 Å². The number of hydrogen-bond donors (Lipinski definition) is 1. The van der Waals surface area contributed by atoms with Gasteiger partial charge in [0.1, 0.15) is 12.9 Å². The van der Waals surface area contributed by atoms with E-state index in [4.69, 9.17) is 9.47 Å². The maximum atomic E-state index is 12.3. The number of hydrogen-bond acceptors (Lipinski definition) is 4. The first kappa shape index (κ1) is 15.1. The molecule has 0 radical (unpaired) electrons. The molecule has 0 aromatic heterocycles. The van der Waals surface area contributed by atoms with Crippen LogP contribution in [0.1, 0.15) is 28.9 Å². The Kier molecular flexibility index (Phi) is 4.28. The number of rotatable bonds is 4. The molecule has 2 aromatic rings. The monoisotopic (exact) mass is 311 g/mol. The number of benzene rings is 2. The zero-order valence-corrected chi connectivity index (χ0v) is 12.7. The topological polar surface area (TPSA) is 64.6 Å². The second-order valence-electron chi connectivity index (χ2n) is 5.38. The molecule has 0 fully saturated rings. The Hall–Kier alpha value is -2.82. The molecule has 3 rings (SSSR count). The first-order valence-electron chi connectivity index (χ1n) is 7.41. The lowest BCUT2D eigenvalue weighted by atomic mass is 10.1. The Morgan fingerprint density at radius 3 is 2.74 bits per heavy atom. The molecule has 1 heterocycles. The van der Waals surface area contributed by atoms with E-state index in [1.54, 1.807) is 18.2 Å². The summed E-state index contributed by atoms with van der Waals surface area (Å²) in [4.78, 5) is 23.1. The van der Waals surface area contributed by atoms with Crippen molar-refractivity contribution in [1.82, 2.24) is 5.32 Å². The van der Waals surface area contributed by atoms with Crippen molar-refractivity contribution < 1.29 is 19.1 Å². The van der Waals surface area contributed by atoms with E-state index in [9.17, 15) is 9.59 Å². The molecule has 5 nitrogen and oxygen atoms in total. The summed E-state index contributed by atoms with van der Waals surface area (Å²) in [5.74, 6) is 0.718. The van der Waals surface area contributed by atoms with Crippen LogP contribution in [0.4, 0.5) is 0 Å². The normalized spacial score (nSPS) is 17.2. The summed E-state index contributed by atoms with van der Waals surface area (Å²) < 4.78 is 11.2. The largest absolute Gasteiger partial charge is 0.485 e. The summed E-state index contributed by atoms with van der Waals surface area (Å²) >= 11 is 0. The molecule has 0 spiro atoms. The van der Waals surface area contributed by atoms with Crippen LogP contribution >= 0.6 is 0 Å². The van der Waals surface area contributed by atoms with Gasteiger partial charge in [-0.2, -0.15) is 0 Å². The summed E-state index contributed by atoms with van der Waals surface area (Å²) in [6.07, 6.45) is 0.0278. The molecule has 1 aliphatic rings. The van der Waals surface area contributed by atoms with Crippen molar-refractivity contribution in [3.05, 3.63) is 59.7 Å². The van der Waals surface area contributed by atoms with E-state index in [0.717, 1.165) is 11.8 Å². The number of carbonyl (C=O) groups excluding carboxylic acids is 2. The fourth-order valence-corrected chi connectivity index (χ4v) is 2.42. The third-order valence-corrected chi connectivity index (χ3v) is 3.71. The van der Waals surface area contributed by atoms with Crippen molar-refractivity contribution in [2.45, 2.75) is 19.1 Å². The first-order chi connectivity index (χ1) is 11.2. The smallest absolute Gasteiger partial charge is 0.265 e. The van der Waals surface area contributed by atoms with Crippen LogP contribution in [-0.4, -0.2) is 24.9 Å². The molecule has 23 heavy (non-hydrogen) atoms. The van der Waals surface area contributed by atoms with E-state index in [2.05, 4.69) is 5.32 Å². The summed E-state index contributed by atoms with van der Waals surface area (Å²) in [7, 11) is 0. The molecule has 2 aromatic carbocycles. The molecule has 0 bridgehead atoms. The van der Waals surface area contributed by atoms with E-state index in [1.807, 2.05) is 37.3 Å². The lowest BCUT2D eigenvalue weighted by Crippen LogP contribution is -2.44. The Bertz CT molecular complexity index is 714. The summed E-state index contributed by atoms with van der Waals surface area (Å²) in [5, 5.41) is 2.92. The Balaban J connectivity index is 1.66. The minimum absolute atomic E-state index is 0.114. The van der Waals surface area contributed by atoms with Crippen molar-refractivity contribution >= 4 is 12.2 Å². The highest BCUT2D eigenvalue weighted by Crippen LogP contribution is 2.32. The number of aldehydes is 1. The van der Waals surface area contributed by atoms with Crippen molar-refractivity contribution in [2.24, 2.45) is 0 Å². The van der Waals surface area contributed by atoms with Crippen molar-refractivity contribution in [3.8, 4) is 11.5 Å². The van der Waals surface area contributed by atoms with E-state index in [-0.39, 0.29) is 18.6 Å². The zero-order chi connectivity index (χ0) is 16.2. The molecule has 2 atom stereocenters. The molecule has 0 saturated carbocycles. The van der Waals surface area contributed by atoms with Gasteiger partial charge in [-0.05, 0) is 30.7 Å². The highest BCUT2D eigenvalue weighted by Gasteiger charge is 2.28. The van der Waals surface area contributed by atoms with Gasteiger partial charge in [0, 0.05) is 5.56 Å². The van der Waals surface area contributed by atoms with Crippen LogP contribution in [-0.2, 0) is 4.79 Å². The zero-order valence-electron chi connectivity index (χ0n) is 12.7. The number of fused-ring (bicyclic) bond motifs is 1. The maximum absolute atomic E-state index is 12.3. The molecule has 1 amide bonds. The van der Waals surface area contributed by atoms with Crippen molar-refractivity contribution in [2.75, 3.05) is 6.61 Å². The summed E-state index contributed by atoms with van der Waals surface area (Å²) in [6, 6.07) is 14.5. The molecular weight excluding hydrogens is 294 g/mol. The van der Waals surface area contributed by atoms with Gasteiger partial charge >= 0.3 is 0 Å². The predicted molar refractivity (Wildman–Crippen MR) is 84.7 cm³/mol. The van der Waals surface area contributed by atoms with Crippen LogP contribution in [0.15, 0.2) is 48.5 Å². The second kappa shape index (κ2) is 6.52. The Morgan fingerprint density at radius 2 is 2.00 bits per heavy atom. The van der Waals surface area contributed by atoms with E-state index >= 15 is 0 Å². The highest BCUT2D eigenvalue weighted by molar-refractivity contribution is 5.82. The molecule has 1 N–H and O–H groups in total.